The van der Waals surface area contributed by atoms with E-state index < -0.39 is 15.7 Å². The smallest absolute Gasteiger partial charge is 0.262 e. The molecule has 9 heteroatoms. The second-order valence-electron chi connectivity index (χ2n) is 4.83. The lowest BCUT2D eigenvalue weighted by molar-refractivity contribution is -0.118. The summed E-state index contributed by atoms with van der Waals surface area (Å²) >= 11 is 17.6. The molecule has 0 radical (unpaired) electrons. The van der Waals surface area contributed by atoms with E-state index in [0.717, 1.165) is 6.26 Å². The van der Waals surface area contributed by atoms with E-state index >= 15 is 0 Å². The zero-order chi connectivity index (χ0) is 17.9. The molecule has 2 aromatic rings. The van der Waals surface area contributed by atoms with Gasteiger partial charge in [-0.25, -0.2) is 8.42 Å². The Morgan fingerprint density at radius 3 is 2.42 bits per heavy atom. The van der Waals surface area contributed by atoms with Gasteiger partial charge in [-0.2, -0.15) is 0 Å². The maximum absolute atomic E-state index is 11.9. The third kappa shape index (κ3) is 5.01. The van der Waals surface area contributed by atoms with E-state index in [4.69, 9.17) is 39.5 Å². The van der Waals surface area contributed by atoms with Gasteiger partial charge in [0, 0.05) is 18.0 Å². The Morgan fingerprint density at radius 2 is 1.75 bits per heavy atom. The van der Waals surface area contributed by atoms with Crippen molar-refractivity contribution in [2.24, 2.45) is 0 Å². The molecule has 0 heterocycles. The largest absolute Gasteiger partial charge is 0.482 e. The molecule has 0 saturated carbocycles. The molecule has 0 spiro atoms. The zero-order valence-electron chi connectivity index (χ0n) is 12.3. The van der Waals surface area contributed by atoms with Crippen molar-refractivity contribution < 1.29 is 17.9 Å². The van der Waals surface area contributed by atoms with Crippen LogP contribution in [-0.2, 0) is 14.6 Å². The molecular weight excluding hydrogens is 397 g/mol. The number of hydrogen-bond acceptors (Lipinski definition) is 4. The minimum absolute atomic E-state index is 0.105. The summed E-state index contributed by atoms with van der Waals surface area (Å²) < 4.78 is 28.3. The maximum Gasteiger partial charge on any atom is 0.262 e. The topological polar surface area (TPSA) is 72.5 Å². The van der Waals surface area contributed by atoms with E-state index in [2.05, 4.69) is 5.32 Å². The Balaban J connectivity index is 2.03. The van der Waals surface area contributed by atoms with Gasteiger partial charge in [0.05, 0.1) is 20.0 Å². The van der Waals surface area contributed by atoms with Crippen LogP contribution < -0.4 is 10.1 Å². The molecule has 2 rings (SSSR count). The lowest BCUT2D eigenvalue weighted by Gasteiger charge is -2.10. The molecule has 0 bridgehead atoms. The van der Waals surface area contributed by atoms with E-state index in [1.54, 1.807) is 6.07 Å². The van der Waals surface area contributed by atoms with E-state index in [-0.39, 0.29) is 32.3 Å². The molecule has 0 saturated heterocycles. The summed E-state index contributed by atoms with van der Waals surface area (Å²) in [7, 11) is -3.36. The Labute approximate surface area is 154 Å². The molecule has 1 N–H and O–H groups in total. The molecule has 128 valence electrons. The summed E-state index contributed by atoms with van der Waals surface area (Å²) in [4.78, 5) is 12.0. The van der Waals surface area contributed by atoms with Gasteiger partial charge in [0.2, 0.25) is 0 Å². The number of nitrogens with one attached hydrogen (secondary N) is 1. The minimum Gasteiger partial charge on any atom is -0.482 e. The third-order valence-electron chi connectivity index (χ3n) is 2.88. The van der Waals surface area contributed by atoms with Crippen LogP contribution in [0.5, 0.6) is 5.75 Å². The Bertz CT molecular complexity index is 884. The van der Waals surface area contributed by atoms with Crippen molar-refractivity contribution in [3.8, 4) is 5.75 Å². The molecule has 0 fully saturated rings. The average Bonchev–Trinajstić information content (AvgIpc) is 2.49. The first-order valence-electron chi connectivity index (χ1n) is 6.54. The highest BCUT2D eigenvalue weighted by atomic mass is 35.5. The van der Waals surface area contributed by atoms with Crippen LogP contribution in [0.3, 0.4) is 0 Å². The number of hydrogen-bond donors (Lipinski definition) is 1. The molecule has 2 aromatic carbocycles. The molecule has 0 aliphatic carbocycles. The minimum atomic E-state index is -3.36. The van der Waals surface area contributed by atoms with Gasteiger partial charge in [-0.1, -0.05) is 40.9 Å². The second kappa shape index (κ2) is 7.61. The highest BCUT2D eigenvalue weighted by Crippen LogP contribution is 2.33. The lowest BCUT2D eigenvalue weighted by Crippen LogP contribution is -2.20. The molecule has 24 heavy (non-hydrogen) atoms. The van der Waals surface area contributed by atoms with Crippen molar-refractivity contribution in [1.29, 1.82) is 0 Å². The number of carbonyl (C=O) groups excluding carboxylic acids is 1. The van der Waals surface area contributed by atoms with E-state index in [0.29, 0.717) is 5.69 Å². The molecule has 0 unspecified atom stereocenters. The summed E-state index contributed by atoms with van der Waals surface area (Å²) in [6.45, 7) is -0.333. The van der Waals surface area contributed by atoms with Crippen LogP contribution in [0.4, 0.5) is 5.69 Å². The molecule has 0 aliphatic heterocycles. The van der Waals surface area contributed by atoms with Gasteiger partial charge in [-0.15, -0.1) is 0 Å². The number of sulfone groups is 1. The SMILES string of the molecule is CS(=O)(=O)c1cccc(NC(=O)COc2cc(Cl)c(Cl)cc2Cl)c1. The van der Waals surface area contributed by atoms with Crippen molar-refractivity contribution in [3.63, 3.8) is 0 Å². The fourth-order valence-corrected chi connectivity index (χ4v) is 3.02. The van der Waals surface area contributed by atoms with Gasteiger partial charge in [0.1, 0.15) is 5.75 Å². The number of amides is 1. The van der Waals surface area contributed by atoms with Gasteiger partial charge < -0.3 is 10.1 Å². The Hall–Kier alpha value is -1.47. The van der Waals surface area contributed by atoms with Crippen molar-refractivity contribution in [2.45, 2.75) is 4.90 Å². The molecule has 0 atom stereocenters. The van der Waals surface area contributed by atoms with Crippen molar-refractivity contribution >= 4 is 56.2 Å². The number of ether oxygens (including phenoxy) is 1. The monoisotopic (exact) mass is 407 g/mol. The van der Waals surface area contributed by atoms with Crippen LogP contribution in [0, 0.1) is 0 Å². The highest BCUT2D eigenvalue weighted by Gasteiger charge is 2.11. The van der Waals surface area contributed by atoms with Crippen LogP contribution in [0.25, 0.3) is 0 Å². The molecule has 5 nitrogen and oxygen atoms in total. The van der Waals surface area contributed by atoms with Crippen molar-refractivity contribution in [3.05, 3.63) is 51.5 Å². The molecule has 0 aromatic heterocycles. The fraction of sp³-hybridized carbons (Fsp3) is 0.133. The summed E-state index contributed by atoms with van der Waals surface area (Å²) in [5.74, 6) is -0.270. The number of carbonyl (C=O) groups is 1. The quantitative estimate of drug-likeness (QED) is 0.757. The average molecular weight is 409 g/mol. The Morgan fingerprint density at radius 1 is 1.08 bits per heavy atom. The lowest BCUT2D eigenvalue weighted by atomic mass is 10.3. The van der Waals surface area contributed by atoms with Crippen LogP contribution in [-0.4, -0.2) is 27.2 Å². The number of rotatable bonds is 5. The number of halogens is 3. The summed E-state index contributed by atoms with van der Waals surface area (Å²) in [6.07, 6.45) is 1.09. The van der Waals surface area contributed by atoms with Gasteiger partial charge in [0.15, 0.2) is 16.4 Å². The van der Waals surface area contributed by atoms with E-state index in [9.17, 15) is 13.2 Å². The second-order valence-corrected chi connectivity index (χ2v) is 8.07. The number of anilines is 1. The summed E-state index contributed by atoms with van der Waals surface area (Å²) in [6, 6.07) is 8.72. The normalized spacial score (nSPS) is 11.2. The molecule has 0 aliphatic rings. The first-order chi connectivity index (χ1) is 11.2. The highest BCUT2D eigenvalue weighted by molar-refractivity contribution is 7.90. The zero-order valence-corrected chi connectivity index (χ0v) is 15.4. The predicted molar refractivity (Wildman–Crippen MR) is 95.1 cm³/mol. The third-order valence-corrected chi connectivity index (χ3v) is 5.01. The standard InChI is InChI=1S/C15H12Cl3NO4S/c1-24(21,22)10-4-2-3-9(5-10)19-15(20)8-23-14-7-12(17)11(16)6-13(14)18/h2-7H,8H2,1H3,(H,19,20). The summed E-state index contributed by atoms with van der Waals surface area (Å²) in [5, 5.41) is 3.28. The van der Waals surface area contributed by atoms with Gasteiger partial charge >= 0.3 is 0 Å². The molecular formula is C15H12Cl3NO4S. The van der Waals surface area contributed by atoms with Gasteiger partial charge in [-0.05, 0) is 24.3 Å². The first kappa shape index (κ1) is 18.9. The summed E-state index contributed by atoms with van der Waals surface area (Å²) in [5.41, 5.74) is 0.340. The van der Waals surface area contributed by atoms with Crippen molar-refractivity contribution in [2.75, 3.05) is 18.2 Å². The van der Waals surface area contributed by atoms with Gasteiger partial charge in [0.25, 0.3) is 5.91 Å². The van der Waals surface area contributed by atoms with E-state index in [1.165, 1.54) is 30.3 Å². The van der Waals surface area contributed by atoms with Crippen LogP contribution in [0.2, 0.25) is 15.1 Å². The van der Waals surface area contributed by atoms with Crippen LogP contribution >= 0.6 is 34.8 Å². The molecule has 1 amide bonds. The number of benzene rings is 2. The maximum atomic E-state index is 11.9. The fourth-order valence-electron chi connectivity index (χ4n) is 1.76. The van der Waals surface area contributed by atoms with Crippen molar-refractivity contribution in [1.82, 2.24) is 0 Å². The van der Waals surface area contributed by atoms with Crippen LogP contribution in [0.1, 0.15) is 0 Å². The Kier molecular flexibility index (Phi) is 5.98. The predicted octanol–water partition coefficient (Wildman–Crippen LogP) is 4.07. The van der Waals surface area contributed by atoms with Crippen LogP contribution in [0.15, 0.2) is 41.3 Å². The first-order valence-corrected chi connectivity index (χ1v) is 9.56. The van der Waals surface area contributed by atoms with Gasteiger partial charge in [-0.3, -0.25) is 4.79 Å². The van der Waals surface area contributed by atoms with E-state index in [1.807, 2.05) is 0 Å².